The van der Waals surface area contributed by atoms with Crippen LogP contribution >= 0.6 is 0 Å². The van der Waals surface area contributed by atoms with Gasteiger partial charge in [-0.1, -0.05) is 19.9 Å². The summed E-state index contributed by atoms with van der Waals surface area (Å²) in [4.78, 5) is 19.0. The van der Waals surface area contributed by atoms with E-state index >= 15 is 0 Å². The van der Waals surface area contributed by atoms with Gasteiger partial charge in [-0.3, -0.25) is 0 Å². The maximum atomic E-state index is 10.7. The summed E-state index contributed by atoms with van der Waals surface area (Å²) in [5.41, 5.74) is 2.73. The smallest absolute Gasteiger partial charge is 0.354 e. The Labute approximate surface area is 122 Å². The molecule has 21 heavy (non-hydrogen) atoms. The van der Waals surface area contributed by atoms with E-state index in [1.807, 2.05) is 13.8 Å². The number of rotatable bonds is 6. The molecule has 0 saturated heterocycles. The highest BCUT2D eigenvalue weighted by Gasteiger charge is 2.07. The van der Waals surface area contributed by atoms with Gasteiger partial charge in [0.25, 0.3) is 0 Å². The lowest BCUT2D eigenvalue weighted by Crippen LogP contribution is -2.10. The molecule has 0 radical (unpaired) electrons. The van der Waals surface area contributed by atoms with Crippen LogP contribution in [0.5, 0.6) is 0 Å². The Bertz CT molecular complexity index is 628. The fraction of sp³-hybridized carbons (Fsp3) is 0.357. The van der Waals surface area contributed by atoms with Crippen LogP contribution in [0.1, 0.15) is 41.3 Å². The van der Waals surface area contributed by atoms with Gasteiger partial charge in [-0.25, -0.2) is 14.8 Å². The van der Waals surface area contributed by atoms with Crippen molar-refractivity contribution < 1.29 is 9.90 Å². The summed E-state index contributed by atoms with van der Waals surface area (Å²) in [6.45, 7) is 4.51. The molecule has 0 fully saturated rings. The number of carboxylic acids is 1. The molecule has 2 N–H and O–H groups in total. The Morgan fingerprint density at radius 1 is 1.19 bits per heavy atom. The van der Waals surface area contributed by atoms with Crippen molar-refractivity contribution in [3.05, 3.63) is 41.0 Å². The summed E-state index contributed by atoms with van der Waals surface area (Å²) in [6.07, 6.45) is 3.14. The van der Waals surface area contributed by atoms with Crippen LogP contribution in [0, 0.1) is 0 Å². The third kappa shape index (κ3) is 3.71. The Morgan fingerprint density at radius 2 is 1.95 bits per heavy atom. The lowest BCUT2D eigenvalue weighted by Gasteiger charge is -2.07. The summed E-state index contributed by atoms with van der Waals surface area (Å²) in [5, 5.41) is 20.0. The number of anilines is 1. The standard InChI is InChI=1S/C14H17N5O2/c1-3-10-11(4-2)18-19-14(17-10)16-8-9-5-6-12(13(20)21)15-7-9/h5-7H,3-4,8H2,1-2H3,(H,20,21)(H,16,17,19). The second-order valence-electron chi connectivity index (χ2n) is 4.45. The second-order valence-corrected chi connectivity index (χ2v) is 4.45. The number of aromatic nitrogens is 4. The molecule has 0 aliphatic carbocycles. The molecule has 0 spiro atoms. The highest BCUT2D eigenvalue weighted by atomic mass is 16.4. The summed E-state index contributed by atoms with van der Waals surface area (Å²) < 4.78 is 0. The molecule has 0 saturated carbocycles. The van der Waals surface area contributed by atoms with Crippen molar-refractivity contribution in [1.29, 1.82) is 0 Å². The van der Waals surface area contributed by atoms with Crippen LogP contribution in [-0.2, 0) is 19.4 Å². The number of aryl methyl sites for hydroxylation is 2. The van der Waals surface area contributed by atoms with Crippen molar-refractivity contribution in [2.24, 2.45) is 0 Å². The van der Waals surface area contributed by atoms with Gasteiger partial charge in [-0.05, 0) is 24.5 Å². The van der Waals surface area contributed by atoms with E-state index in [-0.39, 0.29) is 5.69 Å². The Balaban J connectivity index is 2.04. The topological polar surface area (TPSA) is 101 Å². The number of carbonyl (C=O) groups is 1. The first kappa shape index (κ1) is 14.8. The first-order chi connectivity index (χ1) is 10.1. The number of hydrogen-bond acceptors (Lipinski definition) is 6. The van der Waals surface area contributed by atoms with E-state index in [0.717, 1.165) is 29.8 Å². The molecule has 7 nitrogen and oxygen atoms in total. The molecule has 2 aromatic heterocycles. The van der Waals surface area contributed by atoms with Crippen molar-refractivity contribution in [2.75, 3.05) is 5.32 Å². The average molecular weight is 287 g/mol. The maximum absolute atomic E-state index is 10.7. The molecule has 2 heterocycles. The van der Waals surface area contributed by atoms with Gasteiger partial charge < -0.3 is 10.4 Å². The van der Waals surface area contributed by atoms with Crippen molar-refractivity contribution in [2.45, 2.75) is 33.2 Å². The molecular weight excluding hydrogens is 270 g/mol. The molecule has 0 aliphatic rings. The quantitative estimate of drug-likeness (QED) is 0.833. The molecule has 0 amide bonds. The van der Waals surface area contributed by atoms with Gasteiger partial charge in [0, 0.05) is 12.7 Å². The molecule has 0 bridgehead atoms. The zero-order valence-corrected chi connectivity index (χ0v) is 12.0. The van der Waals surface area contributed by atoms with Crippen molar-refractivity contribution >= 4 is 11.9 Å². The van der Waals surface area contributed by atoms with E-state index in [1.165, 1.54) is 12.3 Å². The average Bonchev–Trinajstić information content (AvgIpc) is 2.52. The molecule has 0 unspecified atom stereocenters. The first-order valence-corrected chi connectivity index (χ1v) is 6.78. The fourth-order valence-corrected chi connectivity index (χ4v) is 1.85. The lowest BCUT2D eigenvalue weighted by molar-refractivity contribution is 0.0690. The van der Waals surface area contributed by atoms with Crippen LogP contribution in [0.15, 0.2) is 18.3 Å². The van der Waals surface area contributed by atoms with Gasteiger partial charge in [0.05, 0.1) is 11.4 Å². The maximum Gasteiger partial charge on any atom is 0.354 e. The van der Waals surface area contributed by atoms with Crippen LogP contribution in [0.4, 0.5) is 5.95 Å². The minimum absolute atomic E-state index is 0.0252. The first-order valence-electron chi connectivity index (χ1n) is 6.78. The van der Waals surface area contributed by atoms with Gasteiger partial charge in [0.1, 0.15) is 5.69 Å². The van der Waals surface area contributed by atoms with Crippen LogP contribution in [-0.4, -0.2) is 31.2 Å². The van der Waals surface area contributed by atoms with Gasteiger partial charge in [-0.15, -0.1) is 5.10 Å². The molecular formula is C14H17N5O2. The monoisotopic (exact) mass is 287 g/mol. The predicted molar refractivity (Wildman–Crippen MR) is 77.1 cm³/mol. The van der Waals surface area contributed by atoms with Gasteiger partial charge in [0.15, 0.2) is 0 Å². The fourth-order valence-electron chi connectivity index (χ4n) is 1.85. The number of nitrogens with one attached hydrogen (secondary N) is 1. The highest BCUT2D eigenvalue weighted by molar-refractivity contribution is 5.85. The Morgan fingerprint density at radius 3 is 2.52 bits per heavy atom. The van der Waals surface area contributed by atoms with E-state index in [9.17, 15) is 4.79 Å². The number of pyridine rings is 1. The van der Waals surface area contributed by atoms with Crippen molar-refractivity contribution in [3.63, 3.8) is 0 Å². The summed E-state index contributed by atoms with van der Waals surface area (Å²) in [5.74, 6) is -0.573. The van der Waals surface area contributed by atoms with E-state index in [2.05, 4.69) is 25.5 Å². The summed E-state index contributed by atoms with van der Waals surface area (Å²) >= 11 is 0. The third-order valence-electron chi connectivity index (χ3n) is 3.00. The normalized spacial score (nSPS) is 10.4. The van der Waals surface area contributed by atoms with Crippen molar-refractivity contribution in [3.8, 4) is 0 Å². The van der Waals surface area contributed by atoms with Gasteiger partial charge >= 0.3 is 5.97 Å². The summed E-state index contributed by atoms with van der Waals surface area (Å²) in [6, 6.07) is 3.17. The van der Waals surface area contributed by atoms with E-state index in [1.54, 1.807) is 6.07 Å². The second kappa shape index (κ2) is 6.74. The number of aromatic carboxylic acids is 1. The SMILES string of the molecule is CCc1nnc(NCc2ccc(C(=O)O)nc2)nc1CC. The van der Waals surface area contributed by atoms with E-state index in [4.69, 9.17) is 5.11 Å². The number of nitrogens with zero attached hydrogens (tertiary/aromatic N) is 4. The minimum atomic E-state index is -1.04. The molecule has 0 aliphatic heterocycles. The molecule has 2 rings (SSSR count). The van der Waals surface area contributed by atoms with Gasteiger partial charge in [0.2, 0.25) is 5.95 Å². The lowest BCUT2D eigenvalue weighted by atomic mass is 10.2. The van der Waals surface area contributed by atoms with E-state index in [0.29, 0.717) is 12.5 Å². The number of carboxylic acid groups (broad SMARTS) is 1. The van der Waals surface area contributed by atoms with Crippen LogP contribution in [0.3, 0.4) is 0 Å². The Kier molecular flexibility index (Phi) is 4.76. The predicted octanol–water partition coefficient (Wildman–Crippen LogP) is 1.70. The zero-order chi connectivity index (χ0) is 15.2. The molecule has 2 aromatic rings. The van der Waals surface area contributed by atoms with Crippen LogP contribution < -0.4 is 5.32 Å². The molecule has 0 aromatic carbocycles. The third-order valence-corrected chi connectivity index (χ3v) is 3.00. The highest BCUT2D eigenvalue weighted by Crippen LogP contribution is 2.08. The largest absolute Gasteiger partial charge is 0.477 e. The molecule has 110 valence electrons. The van der Waals surface area contributed by atoms with Gasteiger partial charge in [-0.2, -0.15) is 5.10 Å². The summed E-state index contributed by atoms with van der Waals surface area (Å²) in [7, 11) is 0. The number of hydrogen-bond donors (Lipinski definition) is 2. The zero-order valence-electron chi connectivity index (χ0n) is 12.0. The Hall–Kier alpha value is -2.57. The molecule has 7 heteroatoms. The van der Waals surface area contributed by atoms with Crippen LogP contribution in [0.25, 0.3) is 0 Å². The van der Waals surface area contributed by atoms with Crippen LogP contribution in [0.2, 0.25) is 0 Å². The molecule has 0 atom stereocenters. The van der Waals surface area contributed by atoms with Crippen molar-refractivity contribution in [1.82, 2.24) is 20.2 Å². The minimum Gasteiger partial charge on any atom is -0.477 e. The van der Waals surface area contributed by atoms with E-state index < -0.39 is 5.97 Å².